The SMILES string of the molecule is O=C1CC23CCC45C(CCN(CCC2O)C34)c2cc3c(cc2N15)OCO3. The summed E-state index contributed by atoms with van der Waals surface area (Å²) in [7, 11) is 0. The smallest absolute Gasteiger partial charge is 0.231 e. The molecule has 4 fully saturated rings. The van der Waals surface area contributed by atoms with Gasteiger partial charge in [0.05, 0.1) is 17.3 Å². The first-order valence-electron chi connectivity index (χ1n) is 9.84. The van der Waals surface area contributed by atoms with E-state index < -0.39 is 0 Å². The Hall–Kier alpha value is -1.79. The Morgan fingerprint density at radius 2 is 1.92 bits per heavy atom. The molecule has 26 heavy (non-hydrogen) atoms. The number of carbonyl (C=O) groups is 1. The average molecular weight is 354 g/mol. The van der Waals surface area contributed by atoms with Crippen molar-refractivity contribution in [1.82, 2.24) is 4.90 Å². The summed E-state index contributed by atoms with van der Waals surface area (Å²) < 4.78 is 11.2. The van der Waals surface area contributed by atoms with Gasteiger partial charge >= 0.3 is 0 Å². The maximum absolute atomic E-state index is 13.4. The number of fused-ring (bicyclic) bond motifs is 4. The summed E-state index contributed by atoms with van der Waals surface area (Å²) in [5.41, 5.74) is 1.84. The highest BCUT2D eigenvalue weighted by Gasteiger charge is 2.75. The second-order valence-corrected chi connectivity index (χ2v) is 8.98. The summed E-state index contributed by atoms with van der Waals surface area (Å²) >= 11 is 0. The number of nitrogens with zero attached hydrogens (tertiary/aromatic N) is 2. The van der Waals surface area contributed by atoms with Crippen molar-refractivity contribution in [2.75, 3.05) is 24.8 Å². The van der Waals surface area contributed by atoms with Gasteiger partial charge in [0, 0.05) is 36.4 Å². The maximum Gasteiger partial charge on any atom is 0.231 e. The summed E-state index contributed by atoms with van der Waals surface area (Å²) in [5, 5.41) is 11.0. The Morgan fingerprint density at radius 1 is 1.12 bits per heavy atom. The van der Waals surface area contributed by atoms with Crippen LogP contribution in [0.15, 0.2) is 12.1 Å². The molecule has 2 bridgehead atoms. The van der Waals surface area contributed by atoms with Crippen LogP contribution in [0.1, 0.15) is 43.6 Å². The van der Waals surface area contributed by atoms with Gasteiger partial charge in [-0.25, -0.2) is 0 Å². The Morgan fingerprint density at radius 3 is 2.81 bits per heavy atom. The van der Waals surface area contributed by atoms with E-state index in [4.69, 9.17) is 9.47 Å². The molecule has 1 N–H and O–H groups in total. The fourth-order valence-corrected chi connectivity index (χ4v) is 7.58. The lowest BCUT2D eigenvalue weighted by molar-refractivity contribution is -0.148. The first-order chi connectivity index (χ1) is 12.6. The van der Waals surface area contributed by atoms with Gasteiger partial charge in [0.2, 0.25) is 12.7 Å². The van der Waals surface area contributed by atoms with Gasteiger partial charge in [0.25, 0.3) is 0 Å². The minimum absolute atomic E-state index is 0.184. The molecule has 5 unspecified atom stereocenters. The summed E-state index contributed by atoms with van der Waals surface area (Å²) in [5.74, 6) is 2.08. The predicted octanol–water partition coefficient (Wildman–Crippen LogP) is 1.61. The van der Waals surface area contributed by atoms with E-state index in [1.807, 2.05) is 6.07 Å². The zero-order chi connectivity index (χ0) is 17.3. The van der Waals surface area contributed by atoms with E-state index in [0.717, 1.165) is 56.0 Å². The number of rotatable bonds is 0. The van der Waals surface area contributed by atoms with Gasteiger partial charge in [-0.3, -0.25) is 9.69 Å². The molecule has 1 amide bonds. The second-order valence-electron chi connectivity index (χ2n) is 8.98. The summed E-state index contributed by atoms with van der Waals surface area (Å²) in [6.45, 7) is 2.26. The van der Waals surface area contributed by atoms with Crippen LogP contribution >= 0.6 is 0 Å². The molecule has 7 rings (SSSR count). The minimum Gasteiger partial charge on any atom is -0.454 e. The van der Waals surface area contributed by atoms with Crippen molar-refractivity contribution in [3.05, 3.63) is 17.7 Å². The maximum atomic E-state index is 13.4. The van der Waals surface area contributed by atoms with Gasteiger partial charge in [-0.2, -0.15) is 0 Å². The molecule has 0 aromatic heterocycles. The van der Waals surface area contributed by atoms with Crippen molar-refractivity contribution in [1.29, 1.82) is 0 Å². The molecule has 0 radical (unpaired) electrons. The van der Waals surface area contributed by atoms with Crippen LogP contribution < -0.4 is 14.4 Å². The van der Waals surface area contributed by atoms with Crippen LogP contribution in [0.25, 0.3) is 0 Å². The number of amides is 1. The molecule has 5 atom stereocenters. The molecule has 5 aliphatic heterocycles. The number of aliphatic hydroxyl groups excluding tert-OH is 1. The third kappa shape index (κ3) is 1.28. The zero-order valence-corrected chi connectivity index (χ0v) is 14.6. The molecule has 1 saturated carbocycles. The van der Waals surface area contributed by atoms with E-state index in [0.29, 0.717) is 12.3 Å². The quantitative estimate of drug-likeness (QED) is 0.767. The highest BCUT2D eigenvalue weighted by Crippen LogP contribution is 2.70. The van der Waals surface area contributed by atoms with Crippen molar-refractivity contribution in [3.63, 3.8) is 0 Å². The molecule has 5 heterocycles. The minimum atomic E-state index is -0.353. The number of carbonyl (C=O) groups excluding carboxylic acids is 1. The van der Waals surface area contributed by atoms with Crippen molar-refractivity contribution < 1.29 is 19.4 Å². The number of aliphatic hydroxyl groups is 1. The summed E-state index contributed by atoms with van der Waals surface area (Å²) in [6, 6.07) is 4.43. The molecule has 1 spiro atoms. The predicted molar refractivity (Wildman–Crippen MR) is 92.4 cm³/mol. The highest BCUT2D eigenvalue weighted by molar-refractivity contribution is 6.01. The van der Waals surface area contributed by atoms with Gasteiger partial charge < -0.3 is 19.5 Å². The first kappa shape index (κ1) is 14.3. The molecular weight excluding hydrogens is 332 g/mol. The highest BCUT2D eigenvalue weighted by atomic mass is 16.7. The second kappa shape index (κ2) is 4.20. The number of hydrogen-bond donors (Lipinski definition) is 1. The number of benzene rings is 1. The van der Waals surface area contributed by atoms with Crippen LogP contribution in [0, 0.1) is 5.41 Å². The van der Waals surface area contributed by atoms with Gasteiger partial charge in [-0.15, -0.1) is 0 Å². The molecule has 1 aromatic rings. The topological polar surface area (TPSA) is 62.2 Å². The molecular formula is C20H22N2O4. The third-order valence-corrected chi connectivity index (χ3v) is 8.32. The van der Waals surface area contributed by atoms with E-state index in [1.165, 1.54) is 5.56 Å². The standard InChI is InChI=1S/C20H22N2O4/c23-16-2-6-21-5-1-12-11-7-14-15(26-10-25-14)8-13(11)22-17(24)9-19(16)3-4-20(12,22)18(19)21/h7-8,12,16,18,23H,1-6,9-10H2. The number of piperidine rings is 3. The average Bonchev–Trinajstić information content (AvgIpc) is 3.27. The van der Waals surface area contributed by atoms with Gasteiger partial charge in [-0.1, -0.05) is 0 Å². The Balaban J connectivity index is 1.50. The monoisotopic (exact) mass is 354 g/mol. The van der Waals surface area contributed by atoms with Crippen molar-refractivity contribution in [2.45, 2.75) is 55.7 Å². The van der Waals surface area contributed by atoms with Crippen LogP contribution in [-0.4, -0.2) is 53.5 Å². The van der Waals surface area contributed by atoms with Crippen molar-refractivity contribution in [2.24, 2.45) is 5.41 Å². The number of hydrogen-bond acceptors (Lipinski definition) is 5. The molecule has 3 saturated heterocycles. The summed E-state index contributed by atoms with van der Waals surface area (Å²) in [4.78, 5) is 18.1. The fourth-order valence-electron chi connectivity index (χ4n) is 7.58. The molecule has 6 aliphatic rings. The third-order valence-electron chi connectivity index (χ3n) is 8.32. The van der Waals surface area contributed by atoms with E-state index in [9.17, 15) is 9.90 Å². The van der Waals surface area contributed by atoms with Crippen LogP contribution in [-0.2, 0) is 4.79 Å². The van der Waals surface area contributed by atoms with Gasteiger partial charge in [0.1, 0.15) is 0 Å². The normalized spacial score (nSPS) is 44.3. The van der Waals surface area contributed by atoms with E-state index >= 15 is 0 Å². The zero-order valence-electron chi connectivity index (χ0n) is 14.6. The molecule has 6 heteroatoms. The Kier molecular flexibility index (Phi) is 2.31. The number of ether oxygens (including phenoxy) is 2. The first-order valence-corrected chi connectivity index (χ1v) is 9.84. The lowest BCUT2D eigenvalue weighted by Gasteiger charge is -2.62. The van der Waals surface area contributed by atoms with Crippen LogP contribution in [0.5, 0.6) is 11.5 Å². The van der Waals surface area contributed by atoms with Gasteiger partial charge in [0.15, 0.2) is 11.5 Å². The Bertz CT molecular complexity index is 872. The van der Waals surface area contributed by atoms with Crippen molar-refractivity contribution >= 4 is 11.6 Å². The number of anilines is 1. The van der Waals surface area contributed by atoms with Gasteiger partial charge in [-0.05, 0) is 43.9 Å². The summed E-state index contributed by atoms with van der Waals surface area (Å²) in [6.07, 6.45) is 3.93. The fraction of sp³-hybridized carbons (Fsp3) is 0.650. The lowest BCUT2D eigenvalue weighted by Crippen LogP contribution is -2.75. The Labute approximate surface area is 151 Å². The van der Waals surface area contributed by atoms with E-state index in [1.54, 1.807) is 0 Å². The van der Waals surface area contributed by atoms with Crippen LogP contribution in [0.2, 0.25) is 0 Å². The van der Waals surface area contributed by atoms with E-state index in [-0.39, 0.29) is 35.8 Å². The van der Waals surface area contributed by atoms with Crippen LogP contribution in [0.4, 0.5) is 5.69 Å². The van der Waals surface area contributed by atoms with E-state index in [2.05, 4.69) is 15.9 Å². The lowest BCUT2D eigenvalue weighted by atomic mass is 9.60. The van der Waals surface area contributed by atoms with Crippen molar-refractivity contribution in [3.8, 4) is 11.5 Å². The molecule has 1 aliphatic carbocycles. The molecule has 136 valence electrons. The molecule has 6 nitrogen and oxygen atoms in total. The van der Waals surface area contributed by atoms with Crippen LogP contribution in [0.3, 0.4) is 0 Å². The molecule has 1 aromatic carbocycles. The largest absolute Gasteiger partial charge is 0.454 e.